The molecule has 65 heavy (non-hydrogen) atoms. The summed E-state index contributed by atoms with van der Waals surface area (Å²) in [6, 6.07) is 74.9. The number of rotatable bonds is 7. The number of fused-ring (bicyclic) bond motifs is 6. The molecule has 0 fully saturated rings. The number of hydrogen-bond acceptors (Lipinski definition) is 3. The summed E-state index contributed by atoms with van der Waals surface area (Å²) in [6.45, 7) is 2.25. The van der Waals surface area contributed by atoms with Crippen LogP contribution in [0.15, 0.2) is 219 Å². The average molecular weight is 830 g/mol. The third-order valence-corrected chi connectivity index (χ3v) is 12.8. The second-order valence-corrected chi connectivity index (χ2v) is 16.6. The average Bonchev–Trinajstić information content (AvgIpc) is 3.88. The highest BCUT2D eigenvalue weighted by Gasteiger charge is 2.23. The predicted octanol–water partition coefficient (Wildman–Crippen LogP) is 15.2. The van der Waals surface area contributed by atoms with Crippen molar-refractivity contribution in [1.29, 1.82) is 5.26 Å². The molecule has 0 unspecified atom stereocenters. The summed E-state index contributed by atoms with van der Waals surface area (Å²) in [5.41, 5.74) is 18.6. The number of aromatic nitrogens is 4. The van der Waals surface area contributed by atoms with Crippen LogP contribution in [0, 0.1) is 18.3 Å². The highest BCUT2D eigenvalue weighted by atomic mass is 15.0. The van der Waals surface area contributed by atoms with E-state index in [1.54, 1.807) is 0 Å². The van der Waals surface area contributed by atoms with E-state index in [-0.39, 0.29) is 0 Å². The van der Waals surface area contributed by atoms with Gasteiger partial charge in [-0.05, 0) is 83.8 Å². The van der Waals surface area contributed by atoms with Crippen LogP contribution in [0.25, 0.3) is 111 Å². The van der Waals surface area contributed by atoms with Crippen LogP contribution < -0.4 is 0 Å². The summed E-state index contributed by atoms with van der Waals surface area (Å²) in [5.74, 6) is 0. The van der Waals surface area contributed by atoms with Gasteiger partial charge in [-0.2, -0.15) is 5.26 Å². The van der Waals surface area contributed by atoms with Gasteiger partial charge in [0.2, 0.25) is 0 Å². The van der Waals surface area contributed by atoms with E-state index in [0.717, 1.165) is 100 Å². The lowest BCUT2D eigenvalue weighted by Gasteiger charge is -2.21. The molecule has 8 aromatic carbocycles. The summed E-state index contributed by atoms with van der Waals surface area (Å²) in [5, 5.41) is 14.8. The minimum absolute atomic E-state index is 0.618. The van der Waals surface area contributed by atoms with E-state index >= 15 is 0 Å². The Kier molecular flexibility index (Phi) is 9.03. The molecular weight excluding hydrogens is 791 g/mol. The highest BCUT2D eigenvalue weighted by molar-refractivity contribution is 6.12. The molecule has 0 saturated heterocycles. The highest BCUT2D eigenvalue weighted by Crippen LogP contribution is 2.43. The van der Waals surface area contributed by atoms with Gasteiger partial charge in [-0.25, -0.2) is 0 Å². The first-order chi connectivity index (χ1) is 32.1. The van der Waals surface area contributed by atoms with Gasteiger partial charge < -0.3 is 9.13 Å². The zero-order valence-electron chi connectivity index (χ0n) is 35.5. The summed E-state index contributed by atoms with van der Waals surface area (Å²) in [6.07, 6.45) is 3.96. The Hall–Kier alpha value is -8.85. The molecule has 4 heterocycles. The number of nitrogens with zero attached hydrogens (tertiary/aromatic N) is 5. The van der Waals surface area contributed by atoms with Gasteiger partial charge in [-0.3, -0.25) is 9.97 Å². The van der Waals surface area contributed by atoms with Crippen LogP contribution in [0.5, 0.6) is 0 Å². The van der Waals surface area contributed by atoms with Crippen LogP contribution >= 0.6 is 0 Å². The quantitative estimate of drug-likeness (QED) is 0.161. The SMILES string of the molecule is Cc1c(-n2c3ccccc3c3ccc(-c4ccc(-c5ccccc5)nc4)cc32)ccc(-c2cccc(C#N)c2)c1-n1c2ccccc2c2ccc(-c3ccc(-c4ccccc4)nc3)cc21. The van der Waals surface area contributed by atoms with Crippen molar-refractivity contribution in [1.82, 2.24) is 19.1 Å². The molecule has 4 aromatic heterocycles. The third-order valence-electron chi connectivity index (χ3n) is 12.8. The zero-order chi connectivity index (χ0) is 43.4. The zero-order valence-corrected chi connectivity index (χ0v) is 35.5. The summed E-state index contributed by atoms with van der Waals surface area (Å²) >= 11 is 0. The molecule has 12 rings (SSSR count). The predicted molar refractivity (Wildman–Crippen MR) is 267 cm³/mol. The van der Waals surface area contributed by atoms with Crippen LogP contribution in [0.4, 0.5) is 0 Å². The molecule has 12 aromatic rings. The van der Waals surface area contributed by atoms with Gasteiger partial charge in [-0.1, -0.05) is 152 Å². The van der Waals surface area contributed by atoms with Crippen molar-refractivity contribution in [3.8, 4) is 73.3 Å². The fourth-order valence-electron chi connectivity index (χ4n) is 9.70. The van der Waals surface area contributed by atoms with Gasteiger partial charge >= 0.3 is 0 Å². The maximum Gasteiger partial charge on any atom is 0.0991 e. The molecular formula is C60H39N5. The Morgan fingerprint density at radius 1 is 0.385 bits per heavy atom. The van der Waals surface area contributed by atoms with Gasteiger partial charge in [0.25, 0.3) is 0 Å². The minimum atomic E-state index is 0.618. The minimum Gasteiger partial charge on any atom is -0.309 e. The molecule has 304 valence electrons. The van der Waals surface area contributed by atoms with Crippen molar-refractivity contribution in [2.24, 2.45) is 0 Å². The monoisotopic (exact) mass is 829 g/mol. The molecule has 5 heteroatoms. The Labute approximate surface area is 376 Å². The van der Waals surface area contributed by atoms with Crippen molar-refractivity contribution in [3.63, 3.8) is 0 Å². The van der Waals surface area contributed by atoms with Gasteiger partial charge in [0.15, 0.2) is 0 Å². The molecule has 0 radical (unpaired) electrons. The standard InChI is InChI=1S/C60H39N5/c1-39-55(64-56-21-10-8-19-49(56)51-27-23-43(34-58(51)64)46-25-30-53(62-37-46)41-14-4-2-5-15-41)32-29-48(45-18-12-13-40(33-45)36-61)60(39)65-57-22-11-9-20-50(57)52-28-24-44(35-59(52)65)47-26-31-54(63-38-47)42-16-6-3-7-17-42/h2-35,37-38H,1H3. The van der Waals surface area contributed by atoms with Crippen LogP contribution in [0.2, 0.25) is 0 Å². The number of para-hydroxylation sites is 2. The van der Waals surface area contributed by atoms with Gasteiger partial charge in [0, 0.05) is 61.8 Å². The van der Waals surface area contributed by atoms with Gasteiger partial charge in [0.05, 0.1) is 56.5 Å². The maximum absolute atomic E-state index is 10.1. The molecule has 5 nitrogen and oxygen atoms in total. The van der Waals surface area contributed by atoms with E-state index < -0.39 is 0 Å². The van der Waals surface area contributed by atoms with Crippen molar-refractivity contribution < 1.29 is 0 Å². The van der Waals surface area contributed by atoms with E-state index in [1.165, 1.54) is 16.2 Å². The summed E-state index contributed by atoms with van der Waals surface area (Å²) in [4.78, 5) is 9.80. The Morgan fingerprint density at radius 2 is 0.877 bits per heavy atom. The lowest BCUT2D eigenvalue weighted by molar-refractivity contribution is 1.10. The molecule has 0 aliphatic carbocycles. The second-order valence-electron chi connectivity index (χ2n) is 16.6. The second kappa shape index (κ2) is 15.5. The first-order valence-electron chi connectivity index (χ1n) is 21.9. The first kappa shape index (κ1) is 37.9. The maximum atomic E-state index is 10.1. The number of benzene rings is 8. The molecule has 0 aliphatic heterocycles. The van der Waals surface area contributed by atoms with Crippen LogP contribution in [-0.4, -0.2) is 19.1 Å². The molecule has 0 spiro atoms. The van der Waals surface area contributed by atoms with E-state index in [0.29, 0.717) is 5.56 Å². The van der Waals surface area contributed by atoms with Crippen molar-refractivity contribution in [2.45, 2.75) is 6.92 Å². The lowest BCUT2D eigenvalue weighted by atomic mass is 9.97. The van der Waals surface area contributed by atoms with E-state index in [1.807, 2.05) is 67.0 Å². The number of hydrogen-bond donors (Lipinski definition) is 0. The van der Waals surface area contributed by atoms with Crippen molar-refractivity contribution >= 4 is 43.6 Å². The molecule has 0 N–H and O–H groups in total. The molecule has 0 saturated carbocycles. The van der Waals surface area contributed by atoms with Crippen molar-refractivity contribution in [2.75, 3.05) is 0 Å². The van der Waals surface area contributed by atoms with Crippen molar-refractivity contribution in [3.05, 3.63) is 230 Å². The topological polar surface area (TPSA) is 59.4 Å². The number of pyridine rings is 2. The third kappa shape index (κ3) is 6.39. The molecule has 0 aliphatic rings. The van der Waals surface area contributed by atoms with Gasteiger partial charge in [0.1, 0.15) is 0 Å². The molecule has 0 atom stereocenters. The van der Waals surface area contributed by atoms with Gasteiger partial charge in [-0.15, -0.1) is 0 Å². The van der Waals surface area contributed by atoms with Crippen LogP contribution in [-0.2, 0) is 0 Å². The largest absolute Gasteiger partial charge is 0.309 e. The smallest absolute Gasteiger partial charge is 0.0991 e. The van der Waals surface area contributed by atoms with Crippen LogP contribution in [0.3, 0.4) is 0 Å². The fourth-order valence-corrected chi connectivity index (χ4v) is 9.70. The summed E-state index contributed by atoms with van der Waals surface area (Å²) < 4.78 is 4.86. The van der Waals surface area contributed by atoms with Crippen LogP contribution in [0.1, 0.15) is 11.1 Å². The normalized spacial score (nSPS) is 11.4. The first-order valence-corrected chi connectivity index (χ1v) is 21.9. The van der Waals surface area contributed by atoms with E-state index in [9.17, 15) is 5.26 Å². The van der Waals surface area contributed by atoms with E-state index in [4.69, 9.17) is 9.97 Å². The Morgan fingerprint density at radius 3 is 1.43 bits per heavy atom. The molecule has 0 amide bonds. The fraction of sp³-hybridized carbons (Fsp3) is 0.0167. The lowest BCUT2D eigenvalue weighted by Crippen LogP contribution is -2.06. The Balaban J connectivity index is 1.09. The summed E-state index contributed by atoms with van der Waals surface area (Å²) in [7, 11) is 0. The van der Waals surface area contributed by atoms with E-state index in [2.05, 4.69) is 174 Å². The molecule has 0 bridgehead atoms. The number of nitriles is 1. The Bertz CT molecular complexity index is 3820.